The zero-order chi connectivity index (χ0) is 18.7. The molecule has 1 aromatic carbocycles. The van der Waals surface area contributed by atoms with Crippen molar-refractivity contribution in [2.24, 2.45) is 4.99 Å². The van der Waals surface area contributed by atoms with Gasteiger partial charge in [0, 0.05) is 18.5 Å². The van der Waals surface area contributed by atoms with Crippen molar-refractivity contribution in [1.29, 1.82) is 0 Å². The van der Waals surface area contributed by atoms with Gasteiger partial charge in [0.2, 0.25) is 0 Å². The molecule has 0 aliphatic carbocycles. The molecule has 0 fully saturated rings. The third-order valence-electron chi connectivity index (χ3n) is 4.46. The van der Waals surface area contributed by atoms with Gasteiger partial charge in [0.15, 0.2) is 0 Å². The van der Waals surface area contributed by atoms with Gasteiger partial charge in [-0.2, -0.15) is 0 Å². The van der Waals surface area contributed by atoms with Crippen molar-refractivity contribution in [3.63, 3.8) is 0 Å². The Labute approximate surface area is 153 Å². The molecule has 0 saturated heterocycles. The van der Waals surface area contributed by atoms with E-state index in [1.165, 1.54) is 5.56 Å². The van der Waals surface area contributed by atoms with Crippen LogP contribution in [0.3, 0.4) is 0 Å². The smallest absolute Gasteiger partial charge is 0.268 e. The van der Waals surface area contributed by atoms with E-state index in [-0.39, 0.29) is 11.6 Å². The van der Waals surface area contributed by atoms with Crippen LogP contribution in [-0.2, 0) is 0 Å². The number of nitrogens with one attached hydrogen (secondary N) is 1. The second kappa shape index (κ2) is 7.52. The van der Waals surface area contributed by atoms with E-state index in [1.54, 1.807) is 16.8 Å². The summed E-state index contributed by atoms with van der Waals surface area (Å²) in [6, 6.07) is 11.9. The lowest BCUT2D eigenvalue weighted by Crippen LogP contribution is -2.25. The molecule has 1 N–H and O–H groups in total. The molecule has 0 aliphatic rings. The van der Waals surface area contributed by atoms with Gasteiger partial charge in [-0.15, -0.1) is 0 Å². The van der Waals surface area contributed by atoms with Crippen LogP contribution in [0.1, 0.15) is 37.0 Å². The van der Waals surface area contributed by atoms with Crippen LogP contribution >= 0.6 is 0 Å². The molecule has 3 aromatic rings. The SMILES string of the molecule is CCC(C)Nc1nc2c(C)cccn2c(=O)c1C=Nc1ccc(C)cc1. The summed E-state index contributed by atoms with van der Waals surface area (Å²) in [7, 11) is 0. The molecule has 5 nitrogen and oxygen atoms in total. The average Bonchev–Trinajstić information content (AvgIpc) is 2.63. The Morgan fingerprint density at radius 2 is 1.96 bits per heavy atom. The molecule has 1 atom stereocenters. The second-order valence-corrected chi connectivity index (χ2v) is 6.61. The van der Waals surface area contributed by atoms with Crippen molar-refractivity contribution in [3.8, 4) is 0 Å². The number of nitrogens with zero attached hydrogens (tertiary/aromatic N) is 3. The van der Waals surface area contributed by atoms with E-state index in [2.05, 4.69) is 24.2 Å². The van der Waals surface area contributed by atoms with Gasteiger partial charge in [0.25, 0.3) is 5.56 Å². The van der Waals surface area contributed by atoms with Crippen molar-refractivity contribution in [1.82, 2.24) is 9.38 Å². The van der Waals surface area contributed by atoms with Crippen molar-refractivity contribution >= 4 is 23.4 Å². The summed E-state index contributed by atoms with van der Waals surface area (Å²) in [6.07, 6.45) is 4.29. The predicted molar refractivity (Wildman–Crippen MR) is 108 cm³/mol. The van der Waals surface area contributed by atoms with E-state index >= 15 is 0 Å². The predicted octanol–water partition coefficient (Wildman–Crippen LogP) is 4.27. The fourth-order valence-electron chi connectivity index (χ4n) is 2.64. The largest absolute Gasteiger partial charge is 0.367 e. The summed E-state index contributed by atoms with van der Waals surface area (Å²) in [6.45, 7) is 8.15. The fraction of sp³-hybridized carbons (Fsp3) is 0.286. The first-order valence-corrected chi connectivity index (χ1v) is 8.89. The Hall–Kier alpha value is -2.95. The minimum atomic E-state index is -0.125. The van der Waals surface area contributed by atoms with Gasteiger partial charge in [-0.05, 0) is 51.0 Å². The number of benzene rings is 1. The average molecular weight is 348 g/mol. The summed E-state index contributed by atoms with van der Waals surface area (Å²) in [4.78, 5) is 22.2. The van der Waals surface area contributed by atoms with Crippen LogP contribution in [0.15, 0.2) is 52.4 Å². The van der Waals surface area contributed by atoms with Crippen LogP contribution < -0.4 is 10.9 Å². The minimum Gasteiger partial charge on any atom is -0.367 e. The first-order valence-electron chi connectivity index (χ1n) is 8.89. The summed E-state index contributed by atoms with van der Waals surface area (Å²) in [5, 5.41) is 3.35. The molecule has 3 rings (SSSR count). The third kappa shape index (κ3) is 3.67. The highest BCUT2D eigenvalue weighted by Crippen LogP contribution is 2.16. The van der Waals surface area contributed by atoms with Gasteiger partial charge in [-0.1, -0.05) is 30.7 Å². The second-order valence-electron chi connectivity index (χ2n) is 6.61. The Morgan fingerprint density at radius 3 is 2.65 bits per heavy atom. The maximum atomic E-state index is 13.0. The minimum absolute atomic E-state index is 0.125. The number of aryl methyl sites for hydroxylation is 2. The molecule has 0 aliphatic heterocycles. The van der Waals surface area contributed by atoms with Gasteiger partial charge < -0.3 is 5.32 Å². The number of aliphatic imine (C=N–C) groups is 1. The quantitative estimate of drug-likeness (QED) is 0.701. The van der Waals surface area contributed by atoms with Crippen molar-refractivity contribution in [3.05, 3.63) is 69.6 Å². The molecule has 5 heteroatoms. The molecule has 0 bridgehead atoms. The third-order valence-corrected chi connectivity index (χ3v) is 4.46. The standard InChI is InChI=1S/C21H24N4O/c1-5-16(4)23-19-18(13-22-17-10-8-14(2)9-11-17)21(26)25-12-6-7-15(3)20(25)24-19/h6-13,16,23H,5H2,1-4H3. The van der Waals surface area contributed by atoms with Gasteiger partial charge in [0.05, 0.1) is 5.69 Å². The zero-order valence-electron chi connectivity index (χ0n) is 15.7. The lowest BCUT2D eigenvalue weighted by atomic mass is 10.2. The number of rotatable bonds is 5. The van der Waals surface area contributed by atoms with Gasteiger partial charge in [-0.3, -0.25) is 14.2 Å². The van der Waals surface area contributed by atoms with Crippen LogP contribution in [0.4, 0.5) is 11.5 Å². The monoisotopic (exact) mass is 348 g/mol. The maximum absolute atomic E-state index is 13.0. The summed E-state index contributed by atoms with van der Waals surface area (Å²) in [5.41, 5.74) is 3.94. The van der Waals surface area contributed by atoms with Crippen molar-refractivity contribution in [2.75, 3.05) is 5.32 Å². The topological polar surface area (TPSA) is 58.8 Å². The number of aromatic nitrogens is 2. The number of anilines is 1. The molecule has 2 aromatic heterocycles. The fourth-order valence-corrected chi connectivity index (χ4v) is 2.64. The molecule has 1 unspecified atom stereocenters. The molecule has 2 heterocycles. The number of fused-ring (bicyclic) bond motifs is 1. The van der Waals surface area contributed by atoms with E-state index in [4.69, 9.17) is 4.98 Å². The van der Waals surface area contributed by atoms with Crippen LogP contribution in [0.5, 0.6) is 0 Å². The normalized spacial score (nSPS) is 12.6. The van der Waals surface area contributed by atoms with Crippen LogP contribution in [-0.4, -0.2) is 21.6 Å². The van der Waals surface area contributed by atoms with E-state index in [0.717, 1.165) is 17.7 Å². The van der Waals surface area contributed by atoms with E-state index in [0.29, 0.717) is 17.0 Å². The summed E-state index contributed by atoms with van der Waals surface area (Å²) < 4.78 is 1.58. The number of pyridine rings is 1. The molecule has 0 amide bonds. The van der Waals surface area contributed by atoms with Crippen LogP contribution in [0.2, 0.25) is 0 Å². The van der Waals surface area contributed by atoms with Gasteiger partial charge in [0.1, 0.15) is 17.0 Å². The highest BCUT2D eigenvalue weighted by Gasteiger charge is 2.14. The highest BCUT2D eigenvalue weighted by molar-refractivity contribution is 5.88. The summed E-state index contributed by atoms with van der Waals surface area (Å²) >= 11 is 0. The summed E-state index contributed by atoms with van der Waals surface area (Å²) in [5.74, 6) is 0.578. The molecule has 0 radical (unpaired) electrons. The molecule has 26 heavy (non-hydrogen) atoms. The van der Waals surface area contributed by atoms with Gasteiger partial charge >= 0.3 is 0 Å². The van der Waals surface area contributed by atoms with Crippen LogP contribution in [0, 0.1) is 13.8 Å². The lowest BCUT2D eigenvalue weighted by Gasteiger charge is -2.15. The highest BCUT2D eigenvalue weighted by atomic mass is 16.1. The van der Waals surface area contributed by atoms with Crippen molar-refractivity contribution < 1.29 is 0 Å². The Morgan fingerprint density at radius 1 is 1.23 bits per heavy atom. The first-order chi connectivity index (χ1) is 12.5. The molecular weight excluding hydrogens is 324 g/mol. The number of hydrogen-bond donors (Lipinski definition) is 1. The molecule has 134 valence electrons. The Balaban J connectivity index is 2.14. The molecule has 0 spiro atoms. The van der Waals surface area contributed by atoms with E-state index in [1.807, 2.05) is 50.2 Å². The van der Waals surface area contributed by atoms with Gasteiger partial charge in [-0.25, -0.2) is 4.98 Å². The number of hydrogen-bond acceptors (Lipinski definition) is 4. The lowest BCUT2D eigenvalue weighted by molar-refractivity contribution is 0.758. The van der Waals surface area contributed by atoms with Crippen molar-refractivity contribution in [2.45, 2.75) is 40.2 Å². The Kier molecular flexibility index (Phi) is 5.16. The zero-order valence-corrected chi connectivity index (χ0v) is 15.7. The molecular formula is C21H24N4O. The van der Waals surface area contributed by atoms with E-state index in [9.17, 15) is 4.79 Å². The Bertz CT molecular complexity index is 1000. The van der Waals surface area contributed by atoms with E-state index < -0.39 is 0 Å². The van der Waals surface area contributed by atoms with Crippen LogP contribution in [0.25, 0.3) is 5.65 Å². The first kappa shape index (κ1) is 17.9. The molecule has 0 saturated carbocycles. The maximum Gasteiger partial charge on any atom is 0.268 e.